The second kappa shape index (κ2) is 4.17. The highest BCUT2D eigenvalue weighted by molar-refractivity contribution is 6.30. The molecule has 0 N–H and O–H groups in total. The Morgan fingerprint density at radius 1 is 1.31 bits per heavy atom. The van der Waals surface area contributed by atoms with Crippen LogP contribution in [0.1, 0.15) is 6.92 Å². The van der Waals surface area contributed by atoms with Gasteiger partial charge in [0.2, 0.25) is 0 Å². The summed E-state index contributed by atoms with van der Waals surface area (Å²) in [5, 5.41) is 7.16. The zero-order chi connectivity index (χ0) is 11.7. The lowest BCUT2D eigenvalue weighted by atomic mass is 10.2. The first-order chi connectivity index (χ1) is 7.63. The molecule has 0 atom stereocenters. The molecule has 0 spiro atoms. The second-order valence-corrected chi connectivity index (χ2v) is 3.59. The van der Waals surface area contributed by atoms with Crippen LogP contribution in [0.4, 0.5) is 8.78 Å². The SMILES string of the molecule is CCn1cnnc1-c1cc(F)c(Cl)cc1F. The largest absolute Gasteiger partial charge is 0.314 e. The number of nitrogens with zero attached hydrogens (tertiary/aromatic N) is 3. The molecule has 3 nitrogen and oxygen atoms in total. The van der Waals surface area contributed by atoms with Crippen LogP contribution in [0, 0.1) is 11.6 Å². The van der Waals surface area contributed by atoms with Gasteiger partial charge in [-0.3, -0.25) is 0 Å². The molecule has 0 radical (unpaired) electrons. The van der Waals surface area contributed by atoms with E-state index in [2.05, 4.69) is 10.2 Å². The fraction of sp³-hybridized carbons (Fsp3) is 0.200. The Hall–Kier alpha value is -1.49. The van der Waals surface area contributed by atoms with Gasteiger partial charge in [0.1, 0.15) is 18.0 Å². The Labute approximate surface area is 95.7 Å². The summed E-state index contributed by atoms with van der Waals surface area (Å²) in [7, 11) is 0. The fourth-order valence-electron chi connectivity index (χ4n) is 1.39. The van der Waals surface area contributed by atoms with Crippen LogP contribution in [0.15, 0.2) is 18.5 Å². The van der Waals surface area contributed by atoms with Gasteiger partial charge >= 0.3 is 0 Å². The number of benzene rings is 1. The van der Waals surface area contributed by atoms with Gasteiger partial charge in [0, 0.05) is 6.54 Å². The predicted octanol–water partition coefficient (Wildman–Crippen LogP) is 2.90. The fourth-order valence-corrected chi connectivity index (χ4v) is 1.54. The molecule has 1 heterocycles. The van der Waals surface area contributed by atoms with Gasteiger partial charge in [-0.2, -0.15) is 0 Å². The first kappa shape index (κ1) is 11.0. The van der Waals surface area contributed by atoms with E-state index in [1.807, 2.05) is 6.92 Å². The van der Waals surface area contributed by atoms with Crippen LogP contribution in [0.5, 0.6) is 0 Å². The molecule has 6 heteroatoms. The highest BCUT2D eigenvalue weighted by atomic mass is 35.5. The molecule has 0 bridgehead atoms. The Balaban J connectivity index is 2.60. The van der Waals surface area contributed by atoms with Crippen LogP contribution < -0.4 is 0 Å². The van der Waals surface area contributed by atoms with Crippen LogP contribution >= 0.6 is 11.6 Å². The molecule has 0 aliphatic heterocycles. The van der Waals surface area contributed by atoms with E-state index in [1.54, 1.807) is 4.57 Å². The molecular weight excluding hydrogens is 236 g/mol. The van der Waals surface area contributed by atoms with Crippen molar-refractivity contribution in [2.75, 3.05) is 0 Å². The van der Waals surface area contributed by atoms with Gasteiger partial charge in [0.05, 0.1) is 10.6 Å². The molecule has 0 fully saturated rings. The van der Waals surface area contributed by atoms with E-state index in [9.17, 15) is 8.78 Å². The zero-order valence-corrected chi connectivity index (χ0v) is 9.17. The molecule has 0 unspecified atom stereocenters. The summed E-state index contributed by atoms with van der Waals surface area (Å²) in [6.07, 6.45) is 1.46. The smallest absolute Gasteiger partial charge is 0.166 e. The molecule has 2 rings (SSSR count). The number of aryl methyl sites for hydroxylation is 1. The van der Waals surface area contributed by atoms with E-state index in [-0.39, 0.29) is 16.4 Å². The number of hydrogen-bond donors (Lipinski definition) is 0. The lowest BCUT2D eigenvalue weighted by molar-refractivity contribution is 0.600. The van der Waals surface area contributed by atoms with Crippen molar-refractivity contribution in [1.29, 1.82) is 0 Å². The van der Waals surface area contributed by atoms with Crippen molar-refractivity contribution < 1.29 is 8.78 Å². The number of aromatic nitrogens is 3. The molecule has 0 aliphatic rings. The summed E-state index contributed by atoms with van der Waals surface area (Å²) in [6, 6.07) is 1.95. The quantitative estimate of drug-likeness (QED) is 0.760. The van der Waals surface area contributed by atoms with E-state index in [0.29, 0.717) is 6.54 Å². The monoisotopic (exact) mass is 243 g/mol. The predicted molar refractivity (Wildman–Crippen MR) is 56.1 cm³/mol. The molecule has 0 saturated carbocycles. The summed E-state index contributed by atoms with van der Waals surface area (Å²) >= 11 is 5.46. The molecule has 84 valence electrons. The minimum Gasteiger partial charge on any atom is -0.314 e. The second-order valence-electron chi connectivity index (χ2n) is 3.19. The van der Waals surface area contributed by atoms with Crippen molar-refractivity contribution in [3.05, 3.63) is 35.1 Å². The standard InChI is InChI=1S/C10H8ClF2N3/c1-2-16-5-14-15-10(16)6-3-9(13)7(11)4-8(6)12/h3-5H,2H2,1H3. The third kappa shape index (κ3) is 1.78. The van der Waals surface area contributed by atoms with Gasteiger partial charge in [0.15, 0.2) is 5.82 Å². The van der Waals surface area contributed by atoms with Gasteiger partial charge in [-0.15, -0.1) is 10.2 Å². The Bertz CT molecular complexity index is 525. The summed E-state index contributed by atoms with van der Waals surface area (Å²) in [5.41, 5.74) is 0.0567. The summed E-state index contributed by atoms with van der Waals surface area (Å²) < 4.78 is 28.4. The molecule has 1 aromatic heterocycles. The first-order valence-electron chi connectivity index (χ1n) is 4.66. The van der Waals surface area contributed by atoms with Crippen molar-refractivity contribution in [1.82, 2.24) is 14.8 Å². The Morgan fingerprint density at radius 2 is 2.06 bits per heavy atom. The van der Waals surface area contributed by atoms with Gasteiger partial charge in [-0.25, -0.2) is 8.78 Å². The zero-order valence-electron chi connectivity index (χ0n) is 8.41. The van der Waals surface area contributed by atoms with E-state index in [1.165, 1.54) is 6.33 Å². The minimum absolute atomic E-state index is 0.0567. The third-order valence-electron chi connectivity index (χ3n) is 2.21. The molecule has 1 aromatic carbocycles. The number of hydrogen-bond acceptors (Lipinski definition) is 2. The summed E-state index contributed by atoms with van der Waals surface area (Å²) in [5.74, 6) is -1.01. The van der Waals surface area contributed by atoms with Crippen molar-refractivity contribution >= 4 is 11.6 Å². The molecule has 0 aliphatic carbocycles. The maximum atomic E-state index is 13.6. The molecule has 16 heavy (non-hydrogen) atoms. The normalized spacial score (nSPS) is 10.8. The van der Waals surface area contributed by atoms with Crippen LogP contribution in [-0.2, 0) is 6.54 Å². The average Bonchev–Trinajstić information content (AvgIpc) is 2.71. The van der Waals surface area contributed by atoms with E-state index >= 15 is 0 Å². The maximum Gasteiger partial charge on any atom is 0.166 e. The number of rotatable bonds is 2. The Morgan fingerprint density at radius 3 is 2.75 bits per heavy atom. The Kier molecular flexibility index (Phi) is 2.87. The highest BCUT2D eigenvalue weighted by Crippen LogP contribution is 2.26. The topological polar surface area (TPSA) is 30.7 Å². The molecule has 0 saturated heterocycles. The van der Waals surface area contributed by atoms with Crippen LogP contribution in [0.2, 0.25) is 5.02 Å². The first-order valence-corrected chi connectivity index (χ1v) is 5.04. The van der Waals surface area contributed by atoms with E-state index < -0.39 is 11.6 Å². The highest BCUT2D eigenvalue weighted by Gasteiger charge is 2.14. The lowest BCUT2D eigenvalue weighted by Crippen LogP contribution is -1.98. The third-order valence-corrected chi connectivity index (χ3v) is 2.50. The van der Waals surface area contributed by atoms with Crippen molar-refractivity contribution in [2.45, 2.75) is 13.5 Å². The van der Waals surface area contributed by atoms with Crippen LogP contribution in [0.25, 0.3) is 11.4 Å². The molecule has 2 aromatic rings. The summed E-state index contributed by atoms with van der Waals surface area (Å²) in [6.45, 7) is 2.43. The van der Waals surface area contributed by atoms with Gasteiger partial charge in [-0.05, 0) is 19.1 Å². The molecule has 0 amide bonds. The van der Waals surface area contributed by atoms with Crippen LogP contribution in [0.3, 0.4) is 0 Å². The minimum atomic E-state index is -0.677. The lowest BCUT2D eigenvalue weighted by Gasteiger charge is -2.05. The van der Waals surface area contributed by atoms with Gasteiger partial charge < -0.3 is 4.57 Å². The van der Waals surface area contributed by atoms with Crippen molar-refractivity contribution in [2.24, 2.45) is 0 Å². The van der Waals surface area contributed by atoms with E-state index in [4.69, 9.17) is 11.6 Å². The van der Waals surface area contributed by atoms with Gasteiger partial charge in [0.25, 0.3) is 0 Å². The van der Waals surface area contributed by atoms with Crippen molar-refractivity contribution in [3.63, 3.8) is 0 Å². The van der Waals surface area contributed by atoms with Gasteiger partial charge in [-0.1, -0.05) is 11.6 Å². The summed E-state index contributed by atoms with van der Waals surface area (Å²) in [4.78, 5) is 0. The van der Waals surface area contributed by atoms with E-state index in [0.717, 1.165) is 12.1 Å². The molecular formula is C10H8ClF2N3. The average molecular weight is 244 g/mol. The van der Waals surface area contributed by atoms with Crippen molar-refractivity contribution in [3.8, 4) is 11.4 Å². The maximum absolute atomic E-state index is 13.6. The van der Waals surface area contributed by atoms with Crippen LogP contribution in [-0.4, -0.2) is 14.8 Å². The number of halogens is 3.